The predicted molar refractivity (Wildman–Crippen MR) is 100 cm³/mol. The normalized spacial score (nSPS) is 13.4. The minimum absolute atomic E-state index is 0.0261. The lowest BCUT2D eigenvalue weighted by Crippen LogP contribution is -2.33. The van der Waals surface area contributed by atoms with E-state index in [1.54, 1.807) is 12.4 Å². The number of carbonyl (C=O) groups excluding carboxylic acids is 1. The Balaban J connectivity index is 1.80. The second-order valence-corrected chi connectivity index (χ2v) is 6.44. The molecule has 5 nitrogen and oxygen atoms in total. The van der Waals surface area contributed by atoms with E-state index >= 15 is 0 Å². The van der Waals surface area contributed by atoms with Gasteiger partial charge in [0.1, 0.15) is 5.69 Å². The maximum atomic E-state index is 12.6. The highest BCUT2D eigenvalue weighted by molar-refractivity contribution is 5.92. The highest BCUT2D eigenvalue weighted by Gasteiger charge is 2.20. The van der Waals surface area contributed by atoms with Gasteiger partial charge in [-0.1, -0.05) is 32.0 Å². The van der Waals surface area contributed by atoms with Gasteiger partial charge in [-0.3, -0.25) is 4.79 Å². The Morgan fingerprint density at radius 1 is 1.12 bits per heavy atom. The van der Waals surface area contributed by atoms with E-state index in [0.29, 0.717) is 5.69 Å². The molecule has 2 heterocycles. The molecular weight excluding hydrogens is 312 g/mol. The summed E-state index contributed by atoms with van der Waals surface area (Å²) in [7, 11) is 0. The molecule has 1 aromatic heterocycles. The molecule has 1 aliphatic heterocycles. The summed E-state index contributed by atoms with van der Waals surface area (Å²) in [5, 5.41) is 0. The van der Waals surface area contributed by atoms with Crippen LogP contribution in [0.5, 0.6) is 0 Å². The van der Waals surface area contributed by atoms with Crippen molar-refractivity contribution in [1.29, 1.82) is 0 Å². The Labute approximate surface area is 149 Å². The Bertz CT molecular complexity index is 708. The molecule has 5 heteroatoms. The van der Waals surface area contributed by atoms with Crippen molar-refractivity contribution < 1.29 is 4.79 Å². The van der Waals surface area contributed by atoms with Gasteiger partial charge in [-0.05, 0) is 37.3 Å². The number of aryl methyl sites for hydroxylation is 1. The largest absolute Gasteiger partial charge is 0.337 e. The van der Waals surface area contributed by atoms with Gasteiger partial charge in [0.2, 0.25) is 0 Å². The zero-order chi connectivity index (χ0) is 17.6. The first-order chi connectivity index (χ1) is 12.2. The van der Waals surface area contributed by atoms with E-state index < -0.39 is 0 Å². The molecule has 2 aromatic rings. The Hall–Kier alpha value is -2.43. The molecule has 132 valence electrons. The summed E-state index contributed by atoms with van der Waals surface area (Å²) in [6, 6.07) is 8.42. The van der Waals surface area contributed by atoms with Gasteiger partial charge in [0.25, 0.3) is 5.91 Å². The number of hydrogen-bond acceptors (Lipinski definition) is 4. The third-order valence-electron chi connectivity index (χ3n) is 4.52. The van der Waals surface area contributed by atoms with Crippen LogP contribution < -0.4 is 4.90 Å². The summed E-state index contributed by atoms with van der Waals surface area (Å²) >= 11 is 0. The maximum Gasteiger partial charge on any atom is 0.274 e. The zero-order valence-electron chi connectivity index (χ0n) is 15.1. The van der Waals surface area contributed by atoms with Gasteiger partial charge in [-0.25, -0.2) is 9.97 Å². The Morgan fingerprint density at radius 3 is 2.56 bits per heavy atom. The van der Waals surface area contributed by atoms with E-state index in [2.05, 4.69) is 53.0 Å². The fourth-order valence-corrected chi connectivity index (χ4v) is 3.36. The lowest BCUT2D eigenvalue weighted by atomic mass is 10.0. The first-order valence-corrected chi connectivity index (χ1v) is 9.21. The van der Waals surface area contributed by atoms with Gasteiger partial charge in [0.05, 0.1) is 12.4 Å². The first-order valence-electron chi connectivity index (χ1n) is 9.21. The van der Waals surface area contributed by atoms with E-state index in [1.807, 2.05) is 4.90 Å². The summed E-state index contributed by atoms with van der Waals surface area (Å²) in [5.74, 6) is 0.781. The minimum Gasteiger partial charge on any atom is -0.337 e. The zero-order valence-corrected chi connectivity index (χ0v) is 15.1. The standard InChI is InChI=1S/C20H26N4O/c1-3-11-23(12-4-2)20(25)17-14-22-19(15-21-17)24-13-7-9-16-8-5-6-10-18(16)24/h5-6,8,10,14-15H,3-4,7,9,11-13H2,1-2H3. The van der Waals surface area contributed by atoms with Crippen molar-refractivity contribution in [3.63, 3.8) is 0 Å². The minimum atomic E-state index is -0.0261. The molecule has 0 N–H and O–H groups in total. The molecule has 0 saturated carbocycles. The van der Waals surface area contributed by atoms with E-state index in [0.717, 1.165) is 51.1 Å². The summed E-state index contributed by atoms with van der Waals surface area (Å²) in [4.78, 5) is 25.6. The molecular formula is C20H26N4O. The summed E-state index contributed by atoms with van der Waals surface area (Å²) in [6.45, 7) is 6.61. The third kappa shape index (κ3) is 3.81. The second kappa shape index (κ2) is 8.10. The smallest absolute Gasteiger partial charge is 0.274 e. The lowest BCUT2D eigenvalue weighted by Gasteiger charge is -2.30. The highest BCUT2D eigenvalue weighted by atomic mass is 16.2. The average molecular weight is 338 g/mol. The van der Waals surface area contributed by atoms with Crippen LogP contribution in [0.3, 0.4) is 0 Å². The van der Waals surface area contributed by atoms with E-state index in [1.165, 1.54) is 11.3 Å². The van der Waals surface area contributed by atoms with Crippen LogP contribution in [0.1, 0.15) is 49.2 Å². The number of para-hydroxylation sites is 1. The molecule has 1 aromatic carbocycles. The number of benzene rings is 1. The van der Waals surface area contributed by atoms with Crippen LogP contribution in [-0.4, -0.2) is 40.4 Å². The van der Waals surface area contributed by atoms with E-state index in [4.69, 9.17) is 0 Å². The number of nitrogens with zero attached hydrogens (tertiary/aromatic N) is 4. The van der Waals surface area contributed by atoms with Crippen molar-refractivity contribution in [1.82, 2.24) is 14.9 Å². The third-order valence-corrected chi connectivity index (χ3v) is 4.52. The molecule has 0 spiro atoms. The van der Waals surface area contributed by atoms with E-state index in [9.17, 15) is 4.79 Å². The number of carbonyl (C=O) groups is 1. The van der Waals surface area contributed by atoms with Crippen LogP contribution in [0.25, 0.3) is 0 Å². The van der Waals surface area contributed by atoms with Gasteiger partial charge in [0.15, 0.2) is 5.82 Å². The molecule has 1 amide bonds. The second-order valence-electron chi connectivity index (χ2n) is 6.44. The monoisotopic (exact) mass is 338 g/mol. The molecule has 0 radical (unpaired) electrons. The number of amides is 1. The number of aromatic nitrogens is 2. The van der Waals surface area contributed by atoms with Gasteiger partial charge < -0.3 is 9.80 Å². The average Bonchev–Trinajstić information content (AvgIpc) is 2.67. The number of anilines is 2. The van der Waals surface area contributed by atoms with Crippen LogP contribution in [0.2, 0.25) is 0 Å². The van der Waals surface area contributed by atoms with Gasteiger partial charge in [0, 0.05) is 25.3 Å². The highest BCUT2D eigenvalue weighted by Crippen LogP contribution is 2.31. The molecule has 0 atom stereocenters. The van der Waals surface area contributed by atoms with Crippen molar-refractivity contribution in [2.45, 2.75) is 39.5 Å². The number of hydrogen-bond donors (Lipinski definition) is 0. The van der Waals surface area contributed by atoms with Gasteiger partial charge in [-0.2, -0.15) is 0 Å². The van der Waals surface area contributed by atoms with Crippen LogP contribution >= 0.6 is 0 Å². The SMILES string of the molecule is CCCN(CCC)C(=O)c1cnc(N2CCCc3ccccc32)cn1. The van der Waals surface area contributed by atoms with Crippen molar-refractivity contribution in [2.24, 2.45) is 0 Å². The quantitative estimate of drug-likeness (QED) is 0.803. The van der Waals surface area contributed by atoms with Crippen molar-refractivity contribution in [2.75, 3.05) is 24.5 Å². The van der Waals surface area contributed by atoms with Crippen molar-refractivity contribution >= 4 is 17.4 Å². The first kappa shape index (κ1) is 17.4. The summed E-state index contributed by atoms with van der Waals surface area (Å²) in [5.41, 5.74) is 2.96. The molecule has 1 aliphatic rings. The van der Waals surface area contributed by atoms with Crippen LogP contribution in [-0.2, 0) is 6.42 Å². The maximum absolute atomic E-state index is 12.6. The number of rotatable bonds is 6. The molecule has 0 aliphatic carbocycles. The van der Waals surface area contributed by atoms with Gasteiger partial charge in [-0.15, -0.1) is 0 Å². The van der Waals surface area contributed by atoms with Crippen LogP contribution in [0, 0.1) is 0 Å². The topological polar surface area (TPSA) is 49.3 Å². The molecule has 0 bridgehead atoms. The molecule has 0 unspecified atom stereocenters. The van der Waals surface area contributed by atoms with Crippen LogP contribution in [0.4, 0.5) is 11.5 Å². The lowest BCUT2D eigenvalue weighted by molar-refractivity contribution is 0.0749. The summed E-state index contributed by atoms with van der Waals surface area (Å²) < 4.78 is 0. The molecule has 3 rings (SSSR count). The molecule has 0 fully saturated rings. The fraction of sp³-hybridized carbons (Fsp3) is 0.450. The predicted octanol–water partition coefficient (Wildman–Crippen LogP) is 3.82. The van der Waals surface area contributed by atoms with Gasteiger partial charge >= 0.3 is 0 Å². The molecule has 25 heavy (non-hydrogen) atoms. The molecule has 0 saturated heterocycles. The Kier molecular flexibility index (Phi) is 5.64. The fourth-order valence-electron chi connectivity index (χ4n) is 3.36. The van der Waals surface area contributed by atoms with Crippen LogP contribution in [0.15, 0.2) is 36.7 Å². The Morgan fingerprint density at radius 2 is 1.88 bits per heavy atom. The van der Waals surface area contributed by atoms with E-state index in [-0.39, 0.29) is 5.91 Å². The summed E-state index contributed by atoms with van der Waals surface area (Å²) in [6.07, 6.45) is 7.43. The van der Waals surface area contributed by atoms with Crippen molar-refractivity contribution in [3.05, 3.63) is 47.9 Å². The van der Waals surface area contributed by atoms with Crippen molar-refractivity contribution in [3.8, 4) is 0 Å². The number of fused-ring (bicyclic) bond motifs is 1.